The molecule has 0 saturated heterocycles. The highest BCUT2D eigenvalue weighted by Gasteiger charge is 2.13. The smallest absolute Gasteiger partial charge is 0.240 e. The summed E-state index contributed by atoms with van der Waals surface area (Å²) < 4.78 is 32.8. The van der Waals surface area contributed by atoms with Crippen LogP contribution in [0.3, 0.4) is 0 Å². The van der Waals surface area contributed by atoms with E-state index in [1.165, 1.54) is 12.1 Å². The van der Waals surface area contributed by atoms with Crippen molar-refractivity contribution in [3.8, 4) is 5.75 Å². The van der Waals surface area contributed by atoms with E-state index in [1.807, 2.05) is 24.3 Å². The van der Waals surface area contributed by atoms with E-state index in [9.17, 15) is 13.2 Å². The SMILES string of the molecule is O=C(CCNS(=O)(=O)c1ccccc1)NCCOc1cccc(Br)c1. The van der Waals surface area contributed by atoms with Gasteiger partial charge in [-0.1, -0.05) is 40.2 Å². The molecular formula is C17H19BrN2O4S. The Labute approximate surface area is 155 Å². The Morgan fingerprint density at radius 3 is 2.52 bits per heavy atom. The summed E-state index contributed by atoms with van der Waals surface area (Å²) in [6.45, 7) is 0.713. The van der Waals surface area contributed by atoms with Crippen molar-refractivity contribution in [3.05, 3.63) is 59.1 Å². The van der Waals surface area contributed by atoms with Crippen LogP contribution in [0.5, 0.6) is 5.75 Å². The molecule has 0 unspecified atom stereocenters. The number of sulfonamides is 1. The van der Waals surface area contributed by atoms with Crippen molar-refractivity contribution in [1.82, 2.24) is 10.0 Å². The van der Waals surface area contributed by atoms with Gasteiger partial charge >= 0.3 is 0 Å². The van der Waals surface area contributed by atoms with Crippen LogP contribution < -0.4 is 14.8 Å². The normalized spacial score (nSPS) is 11.1. The van der Waals surface area contributed by atoms with Crippen LogP contribution in [0.2, 0.25) is 0 Å². The van der Waals surface area contributed by atoms with Crippen molar-refractivity contribution in [3.63, 3.8) is 0 Å². The summed E-state index contributed by atoms with van der Waals surface area (Å²) in [6.07, 6.45) is 0.0585. The molecular weight excluding hydrogens is 408 g/mol. The monoisotopic (exact) mass is 426 g/mol. The lowest BCUT2D eigenvalue weighted by Gasteiger charge is -2.09. The van der Waals surface area contributed by atoms with Gasteiger partial charge in [-0.05, 0) is 30.3 Å². The van der Waals surface area contributed by atoms with Gasteiger partial charge in [-0.25, -0.2) is 13.1 Å². The van der Waals surface area contributed by atoms with Crippen LogP contribution in [-0.4, -0.2) is 34.0 Å². The second-order valence-electron chi connectivity index (χ2n) is 5.12. The summed E-state index contributed by atoms with van der Waals surface area (Å²) in [6, 6.07) is 15.4. The lowest BCUT2D eigenvalue weighted by atomic mass is 10.3. The topological polar surface area (TPSA) is 84.5 Å². The summed E-state index contributed by atoms with van der Waals surface area (Å²) >= 11 is 3.35. The molecule has 1 amide bonds. The second-order valence-corrected chi connectivity index (χ2v) is 7.80. The van der Waals surface area contributed by atoms with Gasteiger partial charge in [-0.2, -0.15) is 0 Å². The van der Waals surface area contributed by atoms with Crippen LogP contribution in [0, 0.1) is 0 Å². The Morgan fingerprint density at radius 1 is 1.04 bits per heavy atom. The van der Waals surface area contributed by atoms with Crippen LogP contribution in [0.15, 0.2) is 64.0 Å². The average Bonchev–Trinajstić information content (AvgIpc) is 2.59. The predicted octanol–water partition coefficient (Wildman–Crippen LogP) is 2.31. The molecule has 0 bridgehead atoms. The first-order valence-corrected chi connectivity index (χ1v) is 9.95. The van der Waals surface area contributed by atoms with Crippen molar-refractivity contribution in [2.45, 2.75) is 11.3 Å². The summed E-state index contributed by atoms with van der Waals surface area (Å²) in [5.74, 6) is 0.466. The summed E-state index contributed by atoms with van der Waals surface area (Å²) in [4.78, 5) is 11.9. The number of amides is 1. The largest absolute Gasteiger partial charge is 0.492 e. The van der Waals surface area contributed by atoms with Crippen LogP contribution in [-0.2, 0) is 14.8 Å². The maximum absolute atomic E-state index is 12.0. The number of hydrogen-bond donors (Lipinski definition) is 2. The van der Waals surface area contributed by atoms with Gasteiger partial charge in [0.15, 0.2) is 0 Å². The first kappa shape index (κ1) is 19.4. The molecule has 0 fully saturated rings. The lowest BCUT2D eigenvalue weighted by molar-refractivity contribution is -0.121. The first-order valence-electron chi connectivity index (χ1n) is 7.67. The molecule has 2 rings (SSSR count). The zero-order valence-electron chi connectivity index (χ0n) is 13.4. The van der Waals surface area contributed by atoms with E-state index in [-0.39, 0.29) is 23.8 Å². The summed E-state index contributed by atoms with van der Waals surface area (Å²) in [5.41, 5.74) is 0. The molecule has 0 aliphatic heterocycles. The van der Waals surface area contributed by atoms with E-state index in [1.54, 1.807) is 18.2 Å². The number of rotatable bonds is 9. The number of nitrogens with one attached hydrogen (secondary N) is 2. The van der Waals surface area contributed by atoms with Crippen LogP contribution in [0.25, 0.3) is 0 Å². The van der Waals surface area contributed by atoms with Crippen molar-refractivity contribution >= 4 is 31.9 Å². The Kier molecular flexibility index (Phi) is 7.42. The zero-order valence-corrected chi connectivity index (χ0v) is 15.8. The fourth-order valence-corrected chi connectivity index (χ4v) is 3.42. The molecule has 0 aliphatic rings. The number of benzene rings is 2. The number of carbonyl (C=O) groups is 1. The molecule has 25 heavy (non-hydrogen) atoms. The minimum atomic E-state index is -3.58. The van der Waals surface area contributed by atoms with Gasteiger partial charge in [0, 0.05) is 17.4 Å². The molecule has 0 spiro atoms. The Hall–Kier alpha value is -1.90. The third kappa shape index (κ3) is 6.85. The van der Waals surface area contributed by atoms with E-state index < -0.39 is 10.0 Å². The summed E-state index contributed by atoms with van der Waals surface area (Å²) in [5, 5.41) is 2.68. The number of ether oxygens (including phenoxy) is 1. The van der Waals surface area contributed by atoms with E-state index in [2.05, 4.69) is 26.0 Å². The maximum Gasteiger partial charge on any atom is 0.240 e. The van der Waals surface area contributed by atoms with Crippen LogP contribution in [0.4, 0.5) is 0 Å². The van der Waals surface area contributed by atoms with Crippen molar-refractivity contribution in [2.75, 3.05) is 19.7 Å². The lowest BCUT2D eigenvalue weighted by Crippen LogP contribution is -2.32. The van der Waals surface area contributed by atoms with E-state index >= 15 is 0 Å². The molecule has 0 atom stereocenters. The van der Waals surface area contributed by atoms with Gasteiger partial charge in [0.25, 0.3) is 0 Å². The Morgan fingerprint density at radius 2 is 1.80 bits per heavy atom. The Balaban J connectivity index is 1.64. The molecule has 134 valence electrons. The highest BCUT2D eigenvalue weighted by molar-refractivity contribution is 9.10. The minimum absolute atomic E-state index is 0.0373. The molecule has 0 saturated carbocycles. The number of hydrogen-bond acceptors (Lipinski definition) is 4. The van der Waals surface area contributed by atoms with E-state index in [0.29, 0.717) is 18.9 Å². The number of carbonyl (C=O) groups excluding carboxylic acids is 1. The molecule has 8 heteroatoms. The molecule has 6 nitrogen and oxygen atoms in total. The van der Waals surface area contributed by atoms with E-state index in [0.717, 1.165) is 4.47 Å². The predicted molar refractivity (Wildman–Crippen MR) is 98.9 cm³/mol. The third-order valence-corrected chi connectivity index (χ3v) is 5.16. The molecule has 2 N–H and O–H groups in total. The van der Waals surface area contributed by atoms with Gasteiger partial charge < -0.3 is 10.1 Å². The van der Waals surface area contributed by atoms with Gasteiger partial charge in [0.2, 0.25) is 15.9 Å². The van der Waals surface area contributed by atoms with Gasteiger partial charge in [-0.15, -0.1) is 0 Å². The van der Waals surface area contributed by atoms with Crippen molar-refractivity contribution in [2.24, 2.45) is 0 Å². The van der Waals surface area contributed by atoms with Crippen LogP contribution >= 0.6 is 15.9 Å². The third-order valence-electron chi connectivity index (χ3n) is 3.19. The highest BCUT2D eigenvalue weighted by Crippen LogP contribution is 2.17. The van der Waals surface area contributed by atoms with Crippen molar-refractivity contribution in [1.29, 1.82) is 0 Å². The first-order chi connectivity index (χ1) is 12.0. The highest BCUT2D eigenvalue weighted by atomic mass is 79.9. The van der Waals surface area contributed by atoms with Crippen molar-refractivity contribution < 1.29 is 17.9 Å². The fourth-order valence-electron chi connectivity index (χ4n) is 1.99. The molecule has 0 aliphatic carbocycles. The Bertz CT molecular complexity index is 797. The van der Waals surface area contributed by atoms with Crippen LogP contribution in [0.1, 0.15) is 6.42 Å². The maximum atomic E-state index is 12.0. The standard InChI is InChI=1S/C17H19BrN2O4S/c18-14-5-4-6-15(13-14)24-12-11-19-17(21)9-10-20-25(22,23)16-7-2-1-3-8-16/h1-8,13,20H,9-12H2,(H,19,21). The minimum Gasteiger partial charge on any atom is -0.492 e. The molecule has 2 aromatic rings. The van der Waals surface area contributed by atoms with Gasteiger partial charge in [0.1, 0.15) is 12.4 Å². The fraction of sp³-hybridized carbons (Fsp3) is 0.235. The number of halogens is 1. The zero-order chi connectivity index (χ0) is 18.1. The summed E-state index contributed by atoms with van der Waals surface area (Å²) in [7, 11) is -3.58. The molecule has 2 aromatic carbocycles. The average molecular weight is 427 g/mol. The van der Waals surface area contributed by atoms with Gasteiger partial charge in [0.05, 0.1) is 11.4 Å². The van der Waals surface area contributed by atoms with E-state index in [4.69, 9.17) is 4.74 Å². The molecule has 0 radical (unpaired) electrons. The molecule has 0 heterocycles. The molecule has 0 aromatic heterocycles. The second kappa shape index (κ2) is 9.55. The van der Waals surface area contributed by atoms with Gasteiger partial charge in [-0.3, -0.25) is 4.79 Å². The quantitative estimate of drug-likeness (QED) is 0.602.